The Morgan fingerprint density at radius 3 is 2.64 bits per heavy atom. The van der Waals surface area contributed by atoms with Gasteiger partial charge in [0.25, 0.3) is 0 Å². The molecule has 1 aromatic heterocycles. The first-order chi connectivity index (χ1) is 11.7. The molecule has 0 saturated carbocycles. The molecule has 1 fully saturated rings. The highest BCUT2D eigenvalue weighted by molar-refractivity contribution is 8.93. The Kier molecular flexibility index (Phi) is 5.16. The molecule has 0 radical (unpaired) electrons. The Labute approximate surface area is 159 Å². The highest BCUT2D eigenvalue weighted by Crippen LogP contribution is 2.39. The van der Waals surface area contributed by atoms with Gasteiger partial charge in [-0.2, -0.15) is 0 Å². The molecule has 1 aromatic carbocycles. The van der Waals surface area contributed by atoms with E-state index in [9.17, 15) is 0 Å². The highest BCUT2D eigenvalue weighted by Gasteiger charge is 2.39. The highest BCUT2D eigenvalue weighted by atomic mass is 79.9. The zero-order valence-electron chi connectivity index (χ0n) is 14.6. The normalized spacial score (nSPS) is 23.8. The van der Waals surface area contributed by atoms with Gasteiger partial charge in [-0.1, -0.05) is 18.2 Å². The van der Waals surface area contributed by atoms with E-state index in [2.05, 4.69) is 29.2 Å². The summed E-state index contributed by atoms with van der Waals surface area (Å²) in [7, 11) is 3.30. The summed E-state index contributed by atoms with van der Waals surface area (Å²) in [5, 5.41) is 0. The third-order valence-corrected chi connectivity index (χ3v) is 5.20. The van der Waals surface area contributed by atoms with E-state index in [1.54, 1.807) is 14.2 Å². The molecule has 2 atom stereocenters. The monoisotopic (exact) mass is 402 g/mol. The number of pyridine rings is 1. The summed E-state index contributed by atoms with van der Waals surface area (Å²) in [5.41, 5.74) is 3.45. The van der Waals surface area contributed by atoms with Crippen LogP contribution in [0, 0.1) is 0 Å². The molecule has 2 bridgehead atoms. The summed E-state index contributed by atoms with van der Waals surface area (Å²) in [6, 6.07) is 10.2. The molecular weight excluding hydrogens is 380 g/mol. The molecule has 132 valence electrons. The number of benzene rings is 1. The van der Waals surface area contributed by atoms with Crippen molar-refractivity contribution >= 4 is 17.0 Å². The van der Waals surface area contributed by atoms with Gasteiger partial charge in [0.1, 0.15) is 0 Å². The summed E-state index contributed by atoms with van der Waals surface area (Å²) in [6.45, 7) is 3.37. The van der Waals surface area contributed by atoms with Gasteiger partial charge in [-0.3, -0.25) is 9.88 Å². The van der Waals surface area contributed by atoms with E-state index in [0.29, 0.717) is 0 Å². The van der Waals surface area contributed by atoms with Crippen molar-refractivity contribution in [3.63, 3.8) is 0 Å². The fourth-order valence-electron chi connectivity index (χ4n) is 3.82. The van der Waals surface area contributed by atoms with E-state index in [4.69, 9.17) is 14.5 Å². The number of nitrogens with zero attached hydrogens (tertiary/aromatic N) is 2. The van der Waals surface area contributed by atoms with E-state index in [0.717, 1.165) is 35.8 Å². The average molecular weight is 403 g/mol. The molecule has 2 unspecified atom stereocenters. The van der Waals surface area contributed by atoms with Crippen LogP contribution in [-0.4, -0.2) is 43.7 Å². The second-order valence-electron chi connectivity index (χ2n) is 6.55. The molecule has 2 aliphatic heterocycles. The Morgan fingerprint density at radius 2 is 1.92 bits per heavy atom. The minimum Gasteiger partial charge on any atom is -0.493 e. The lowest BCUT2D eigenvalue weighted by molar-refractivity contribution is 0.345. The van der Waals surface area contributed by atoms with Crippen LogP contribution in [0.2, 0.25) is 0 Å². The third-order valence-electron chi connectivity index (χ3n) is 5.20. The van der Waals surface area contributed by atoms with Crippen LogP contribution in [0.3, 0.4) is 0 Å². The number of fused-ring (bicyclic) bond motifs is 2. The van der Waals surface area contributed by atoms with E-state index in [1.165, 1.54) is 18.5 Å². The third kappa shape index (κ3) is 3.18. The van der Waals surface area contributed by atoms with Crippen LogP contribution in [0.25, 0.3) is 11.3 Å². The average Bonchev–Trinajstić information content (AvgIpc) is 2.96. The lowest BCUT2D eigenvalue weighted by Gasteiger charge is -2.29. The predicted octanol–water partition coefficient (Wildman–Crippen LogP) is 3.86. The topological polar surface area (TPSA) is 34.6 Å². The first kappa shape index (κ1) is 18.0. The number of ether oxygens (including phenoxy) is 2. The Hall–Kier alpha value is -1.85. The van der Waals surface area contributed by atoms with Crippen LogP contribution < -0.4 is 9.47 Å². The van der Waals surface area contributed by atoms with Crippen molar-refractivity contribution in [3.8, 4) is 22.8 Å². The summed E-state index contributed by atoms with van der Waals surface area (Å²) in [6.07, 6.45) is 7.88. The van der Waals surface area contributed by atoms with Crippen molar-refractivity contribution in [1.29, 1.82) is 0 Å². The molecule has 25 heavy (non-hydrogen) atoms. The fraction of sp³-hybridized carbons (Fsp3) is 0.350. The largest absolute Gasteiger partial charge is 0.493 e. The van der Waals surface area contributed by atoms with Gasteiger partial charge in [0, 0.05) is 30.3 Å². The zero-order chi connectivity index (χ0) is 16.6. The molecule has 4 rings (SSSR count). The molecule has 1 saturated heterocycles. The lowest BCUT2D eigenvalue weighted by Crippen LogP contribution is -2.33. The smallest absolute Gasteiger partial charge is 0.161 e. The fourth-order valence-corrected chi connectivity index (χ4v) is 3.82. The number of hydrogen-bond acceptors (Lipinski definition) is 4. The first-order valence-electron chi connectivity index (χ1n) is 8.33. The standard InChI is InChI=1S/C20H22N2O2.BrH/c1-23-18-7-4-15(12-19(18)24-2)17-6-5-16(13-21-17)20-8-3-10-22(14-20)11-9-20;/h3-8,12-13H,9-11,14H2,1-2H3;1H. The molecule has 0 spiro atoms. The van der Waals surface area contributed by atoms with Crippen molar-refractivity contribution in [3.05, 3.63) is 54.2 Å². The Balaban J connectivity index is 0.00000182. The summed E-state index contributed by atoms with van der Waals surface area (Å²) >= 11 is 0. The van der Waals surface area contributed by atoms with Gasteiger partial charge in [0.05, 0.1) is 19.9 Å². The van der Waals surface area contributed by atoms with Gasteiger partial charge >= 0.3 is 0 Å². The van der Waals surface area contributed by atoms with Gasteiger partial charge in [-0.15, -0.1) is 17.0 Å². The predicted molar refractivity (Wildman–Crippen MR) is 105 cm³/mol. The Morgan fingerprint density at radius 1 is 1.08 bits per heavy atom. The molecule has 4 nitrogen and oxygen atoms in total. The summed E-state index contributed by atoms with van der Waals surface area (Å²) in [5.74, 6) is 1.45. The van der Waals surface area contributed by atoms with E-state index >= 15 is 0 Å². The molecule has 0 aliphatic carbocycles. The van der Waals surface area contributed by atoms with E-state index in [-0.39, 0.29) is 22.4 Å². The minimum atomic E-state index is 0. The summed E-state index contributed by atoms with van der Waals surface area (Å²) < 4.78 is 10.7. The molecular formula is C20H23BrN2O2. The molecule has 0 amide bonds. The second kappa shape index (κ2) is 7.18. The lowest BCUT2D eigenvalue weighted by atomic mass is 9.79. The van der Waals surface area contributed by atoms with E-state index < -0.39 is 0 Å². The second-order valence-corrected chi connectivity index (χ2v) is 6.55. The van der Waals surface area contributed by atoms with Crippen molar-refractivity contribution in [2.24, 2.45) is 0 Å². The number of rotatable bonds is 4. The van der Waals surface area contributed by atoms with Gasteiger partial charge in [-0.05, 0) is 42.8 Å². The first-order valence-corrected chi connectivity index (χ1v) is 8.33. The van der Waals surface area contributed by atoms with Crippen LogP contribution >= 0.6 is 17.0 Å². The van der Waals surface area contributed by atoms with Gasteiger partial charge < -0.3 is 9.47 Å². The van der Waals surface area contributed by atoms with Gasteiger partial charge in [-0.25, -0.2) is 0 Å². The molecule has 0 N–H and O–H groups in total. The number of methoxy groups -OCH3 is 2. The van der Waals surface area contributed by atoms with Crippen molar-refractivity contribution < 1.29 is 9.47 Å². The summed E-state index contributed by atoms with van der Waals surface area (Å²) in [4.78, 5) is 7.22. The van der Waals surface area contributed by atoms with Crippen LogP contribution in [0.1, 0.15) is 12.0 Å². The molecule has 2 aliphatic rings. The van der Waals surface area contributed by atoms with Crippen molar-refractivity contribution in [2.45, 2.75) is 11.8 Å². The van der Waals surface area contributed by atoms with Crippen LogP contribution in [0.4, 0.5) is 0 Å². The maximum absolute atomic E-state index is 5.39. The van der Waals surface area contributed by atoms with Gasteiger partial charge in [0.2, 0.25) is 0 Å². The molecule has 3 heterocycles. The van der Waals surface area contributed by atoms with Gasteiger partial charge in [0.15, 0.2) is 11.5 Å². The SMILES string of the molecule is Br.COc1ccc(-c2ccc(C34C=CCN(CC3)C4)cn2)cc1OC. The number of aromatic nitrogens is 1. The van der Waals surface area contributed by atoms with E-state index in [1.807, 2.05) is 24.4 Å². The Bertz CT molecular complexity index is 776. The van der Waals surface area contributed by atoms with Crippen LogP contribution in [-0.2, 0) is 5.41 Å². The van der Waals surface area contributed by atoms with Crippen molar-refractivity contribution in [1.82, 2.24) is 9.88 Å². The zero-order valence-corrected chi connectivity index (χ0v) is 16.3. The molecule has 5 heteroatoms. The van der Waals surface area contributed by atoms with Crippen LogP contribution in [0.15, 0.2) is 48.7 Å². The number of halogens is 1. The minimum absolute atomic E-state index is 0. The molecule has 2 aromatic rings. The quantitative estimate of drug-likeness (QED) is 0.727. The van der Waals surface area contributed by atoms with Crippen LogP contribution in [0.5, 0.6) is 11.5 Å². The van der Waals surface area contributed by atoms with Crippen molar-refractivity contribution in [2.75, 3.05) is 33.9 Å². The maximum atomic E-state index is 5.39. The maximum Gasteiger partial charge on any atom is 0.161 e. The number of hydrogen-bond donors (Lipinski definition) is 0.